The minimum absolute atomic E-state index is 0.0495. The number of anilines is 2. The summed E-state index contributed by atoms with van der Waals surface area (Å²) in [7, 11) is 1.64. The van der Waals surface area contributed by atoms with Crippen LogP contribution in [0.4, 0.5) is 16.3 Å². The third-order valence-electron chi connectivity index (χ3n) is 6.18. The number of hydrogen-bond donors (Lipinski definition) is 2. The summed E-state index contributed by atoms with van der Waals surface area (Å²) in [6.45, 7) is 5.55. The van der Waals surface area contributed by atoms with Crippen LogP contribution in [0.25, 0.3) is 0 Å². The summed E-state index contributed by atoms with van der Waals surface area (Å²) in [5.41, 5.74) is 2.23. The summed E-state index contributed by atoms with van der Waals surface area (Å²) in [4.78, 5) is 33.8. The highest BCUT2D eigenvalue weighted by atomic mass is 16.5. The summed E-state index contributed by atoms with van der Waals surface area (Å²) < 4.78 is 10.7. The van der Waals surface area contributed by atoms with E-state index in [-0.39, 0.29) is 11.9 Å². The van der Waals surface area contributed by atoms with Gasteiger partial charge in [0.15, 0.2) is 0 Å². The lowest BCUT2D eigenvalue weighted by Gasteiger charge is -2.35. The van der Waals surface area contributed by atoms with Crippen molar-refractivity contribution in [3.05, 3.63) is 78.0 Å². The van der Waals surface area contributed by atoms with E-state index in [4.69, 9.17) is 9.47 Å². The standard InChI is InChI=1S/C28H33N5O4/c1-3-37-25-7-5-4-6-24(25)27(34)31-22-10-13-26(30-20-22)32-16-18-33(19-17-32)28(35)29-15-14-21-8-11-23(36-2)12-9-21/h4-13,20H,3,14-19H2,1-2H3,(H,29,35)(H,31,34). The molecule has 1 aromatic heterocycles. The predicted molar refractivity (Wildman–Crippen MR) is 144 cm³/mol. The van der Waals surface area contributed by atoms with Crippen molar-refractivity contribution in [2.24, 2.45) is 0 Å². The van der Waals surface area contributed by atoms with Crippen LogP contribution in [0.2, 0.25) is 0 Å². The third kappa shape index (κ3) is 6.91. The zero-order chi connectivity index (χ0) is 26.0. The molecule has 37 heavy (non-hydrogen) atoms. The average Bonchev–Trinajstić information content (AvgIpc) is 2.94. The Morgan fingerprint density at radius 1 is 0.973 bits per heavy atom. The van der Waals surface area contributed by atoms with E-state index >= 15 is 0 Å². The van der Waals surface area contributed by atoms with Gasteiger partial charge in [-0.25, -0.2) is 9.78 Å². The molecule has 0 saturated carbocycles. The van der Waals surface area contributed by atoms with Gasteiger partial charge in [-0.05, 0) is 55.3 Å². The Hall–Kier alpha value is -4.27. The van der Waals surface area contributed by atoms with Gasteiger partial charge in [0.2, 0.25) is 0 Å². The van der Waals surface area contributed by atoms with E-state index < -0.39 is 0 Å². The Labute approximate surface area is 217 Å². The van der Waals surface area contributed by atoms with Crippen molar-refractivity contribution < 1.29 is 19.1 Å². The molecule has 9 nitrogen and oxygen atoms in total. The molecule has 0 unspecified atom stereocenters. The number of amides is 3. The first-order valence-corrected chi connectivity index (χ1v) is 12.5. The average molecular weight is 504 g/mol. The molecule has 2 N–H and O–H groups in total. The SMILES string of the molecule is CCOc1ccccc1C(=O)Nc1ccc(N2CCN(C(=O)NCCc3ccc(OC)cc3)CC2)nc1. The Kier molecular flexibility index (Phi) is 8.80. The fourth-order valence-electron chi connectivity index (χ4n) is 4.14. The monoisotopic (exact) mass is 503 g/mol. The molecule has 1 fully saturated rings. The van der Waals surface area contributed by atoms with Crippen molar-refractivity contribution in [3.63, 3.8) is 0 Å². The fourth-order valence-corrected chi connectivity index (χ4v) is 4.14. The number of benzene rings is 2. The van der Waals surface area contributed by atoms with Gasteiger partial charge in [-0.2, -0.15) is 0 Å². The van der Waals surface area contributed by atoms with E-state index in [2.05, 4.69) is 20.5 Å². The van der Waals surface area contributed by atoms with E-state index in [0.29, 0.717) is 56.3 Å². The molecular weight excluding hydrogens is 470 g/mol. The van der Waals surface area contributed by atoms with Crippen molar-refractivity contribution in [1.29, 1.82) is 0 Å². The van der Waals surface area contributed by atoms with Gasteiger partial charge < -0.3 is 29.9 Å². The summed E-state index contributed by atoms with van der Waals surface area (Å²) in [6, 6.07) is 18.7. The second-order valence-electron chi connectivity index (χ2n) is 8.59. The molecule has 1 aliphatic rings. The molecule has 1 saturated heterocycles. The number of hydrogen-bond acceptors (Lipinski definition) is 6. The van der Waals surface area contributed by atoms with Crippen LogP contribution in [-0.2, 0) is 6.42 Å². The highest BCUT2D eigenvalue weighted by molar-refractivity contribution is 6.06. The maximum atomic E-state index is 12.7. The minimum Gasteiger partial charge on any atom is -0.497 e. The molecule has 0 bridgehead atoms. The number of pyridine rings is 1. The van der Waals surface area contributed by atoms with Crippen LogP contribution >= 0.6 is 0 Å². The number of urea groups is 1. The van der Waals surface area contributed by atoms with Crippen molar-refractivity contribution in [3.8, 4) is 11.5 Å². The molecule has 194 valence electrons. The Morgan fingerprint density at radius 2 is 1.73 bits per heavy atom. The van der Waals surface area contributed by atoms with E-state index in [0.717, 1.165) is 23.6 Å². The third-order valence-corrected chi connectivity index (χ3v) is 6.18. The topological polar surface area (TPSA) is 96.0 Å². The number of nitrogens with zero attached hydrogens (tertiary/aromatic N) is 3. The largest absolute Gasteiger partial charge is 0.497 e. The molecular formula is C28H33N5O4. The predicted octanol–water partition coefficient (Wildman–Crippen LogP) is 3.82. The van der Waals surface area contributed by atoms with Crippen molar-refractivity contribution in [2.75, 3.05) is 56.7 Å². The van der Waals surface area contributed by atoms with Gasteiger partial charge in [0.1, 0.15) is 17.3 Å². The number of aromatic nitrogens is 1. The van der Waals surface area contributed by atoms with E-state index in [1.54, 1.807) is 31.5 Å². The molecule has 2 aromatic carbocycles. The lowest BCUT2D eigenvalue weighted by Crippen LogP contribution is -2.52. The number of para-hydroxylation sites is 1. The van der Waals surface area contributed by atoms with Crippen molar-refractivity contribution in [1.82, 2.24) is 15.2 Å². The van der Waals surface area contributed by atoms with Gasteiger partial charge in [-0.15, -0.1) is 0 Å². The van der Waals surface area contributed by atoms with Gasteiger partial charge >= 0.3 is 6.03 Å². The summed E-state index contributed by atoms with van der Waals surface area (Å²) >= 11 is 0. The molecule has 4 rings (SSSR count). The number of carbonyl (C=O) groups is 2. The number of ether oxygens (including phenoxy) is 2. The Morgan fingerprint density at radius 3 is 2.41 bits per heavy atom. The number of nitrogens with one attached hydrogen (secondary N) is 2. The Balaban J connectivity index is 1.22. The molecule has 0 aliphatic carbocycles. The molecule has 9 heteroatoms. The first-order chi connectivity index (χ1) is 18.1. The fraction of sp³-hybridized carbons (Fsp3) is 0.321. The normalized spacial score (nSPS) is 13.1. The molecule has 2 heterocycles. The van der Waals surface area contributed by atoms with Crippen LogP contribution in [-0.4, -0.2) is 68.3 Å². The summed E-state index contributed by atoms with van der Waals surface area (Å²) in [6.07, 6.45) is 2.41. The summed E-state index contributed by atoms with van der Waals surface area (Å²) in [5, 5.41) is 5.89. The molecule has 0 atom stereocenters. The van der Waals surface area contributed by atoms with Gasteiger partial charge in [0.05, 0.1) is 31.2 Å². The zero-order valence-corrected chi connectivity index (χ0v) is 21.3. The maximum absolute atomic E-state index is 12.7. The molecule has 1 aliphatic heterocycles. The van der Waals surface area contributed by atoms with Crippen LogP contribution in [0, 0.1) is 0 Å². The number of rotatable bonds is 9. The second kappa shape index (κ2) is 12.6. The highest BCUT2D eigenvalue weighted by Crippen LogP contribution is 2.21. The Bertz CT molecular complexity index is 1180. The van der Waals surface area contributed by atoms with Gasteiger partial charge in [0.25, 0.3) is 5.91 Å². The van der Waals surface area contributed by atoms with Gasteiger partial charge in [-0.3, -0.25) is 4.79 Å². The van der Waals surface area contributed by atoms with E-state index in [1.807, 2.05) is 54.3 Å². The molecule has 0 spiro atoms. The first-order valence-electron chi connectivity index (χ1n) is 12.5. The number of methoxy groups -OCH3 is 1. The molecule has 3 amide bonds. The number of piperazine rings is 1. The van der Waals surface area contributed by atoms with E-state index in [9.17, 15) is 9.59 Å². The smallest absolute Gasteiger partial charge is 0.317 e. The van der Waals surface area contributed by atoms with Crippen LogP contribution < -0.4 is 25.0 Å². The first kappa shape index (κ1) is 25.8. The van der Waals surface area contributed by atoms with Gasteiger partial charge in [0, 0.05) is 32.7 Å². The zero-order valence-electron chi connectivity index (χ0n) is 21.3. The molecule has 3 aromatic rings. The van der Waals surface area contributed by atoms with Crippen LogP contribution in [0.3, 0.4) is 0 Å². The van der Waals surface area contributed by atoms with Crippen LogP contribution in [0.1, 0.15) is 22.8 Å². The van der Waals surface area contributed by atoms with Crippen molar-refractivity contribution in [2.45, 2.75) is 13.3 Å². The maximum Gasteiger partial charge on any atom is 0.317 e. The van der Waals surface area contributed by atoms with Crippen LogP contribution in [0.5, 0.6) is 11.5 Å². The number of carbonyl (C=O) groups excluding carboxylic acids is 2. The lowest BCUT2D eigenvalue weighted by molar-refractivity contribution is 0.102. The molecule has 0 radical (unpaired) electrons. The second-order valence-corrected chi connectivity index (χ2v) is 8.59. The quantitative estimate of drug-likeness (QED) is 0.461. The van der Waals surface area contributed by atoms with Gasteiger partial charge in [-0.1, -0.05) is 24.3 Å². The van der Waals surface area contributed by atoms with E-state index in [1.165, 1.54) is 0 Å². The summed E-state index contributed by atoms with van der Waals surface area (Å²) in [5.74, 6) is 1.94. The highest BCUT2D eigenvalue weighted by Gasteiger charge is 2.22. The van der Waals surface area contributed by atoms with Crippen LogP contribution in [0.15, 0.2) is 66.9 Å². The lowest BCUT2D eigenvalue weighted by atomic mass is 10.1. The minimum atomic E-state index is -0.245. The van der Waals surface area contributed by atoms with Crippen molar-refractivity contribution >= 4 is 23.4 Å².